The van der Waals surface area contributed by atoms with Gasteiger partial charge in [0.15, 0.2) is 6.04 Å². The molecule has 8 nitrogen and oxygen atoms in total. The Morgan fingerprint density at radius 2 is 1.51 bits per heavy atom. The van der Waals surface area contributed by atoms with Crippen LogP contribution in [0, 0.1) is 0 Å². The number of carbonyl (C=O) groups is 3. The predicted octanol–water partition coefficient (Wildman–Crippen LogP) is 4.08. The zero-order valence-electron chi connectivity index (χ0n) is 20.1. The topological polar surface area (TPSA) is 114 Å². The van der Waals surface area contributed by atoms with Gasteiger partial charge in [0, 0.05) is 26.0 Å². The summed E-state index contributed by atoms with van der Waals surface area (Å²) in [6.45, 7) is 0.779. The molecule has 2 aromatic carbocycles. The molecule has 1 aliphatic rings. The molecule has 0 aliphatic heterocycles. The standard InChI is InChI=1S/C27H34N2O6/c1-34-18-24(26(31)32)29-25(30)15-5-3-2-4-10-16-28-27(33)35-17-23-21-13-8-6-11-19(21)20-12-7-9-14-22(20)23/h6-9,11-14,23-24H,2-5,10,15-18H2,1H3,(H,28,33)(H,29,30)(H,31,32). The minimum absolute atomic E-state index is 0.0469. The highest BCUT2D eigenvalue weighted by Crippen LogP contribution is 2.44. The lowest BCUT2D eigenvalue weighted by Crippen LogP contribution is -2.43. The van der Waals surface area contributed by atoms with Gasteiger partial charge in [-0.05, 0) is 35.1 Å². The number of carbonyl (C=O) groups excluding carboxylic acids is 2. The van der Waals surface area contributed by atoms with Crippen molar-refractivity contribution in [3.8, 4) is 11.1 Å². The van der Waals surface area contributed by atoms with E-state index in [-0.39, 0.29) is 24.9 Å². The molecule has 3 rings (SSSR count). The fraction of sp³-hybridized carbons (Fsp3) is 0.444. The van der Waals surface area contributed by atoms with Crippen LogP contribution in [0.25, 0.3) is 11.1 Å². The number of rotatable bonds is 14. The summed E-state index contributed by atoms with van der Waals surface area (Å²) in [5.74, 6) is -1.35. The van der Waals surface area contributed by atoms with Crippen molar-refractivity contribution in [2.45, 2.75) is 50.5 Å². The van der Waals surface area contributed by atoms with Crippen molar-refractivity contribution in [2.24, 2.45) is 0 Å². The summed E-state index contributed by atoms with van der Waals surface area (Å²) in [6, 6.07) is 15.5. The molecule has 188 valence electrons. The van der Waals surface area contributed by atoms with Gasteiger partial charge >= 0.3 is 12.1 Å². The van der Waals surface area contributed by atoms with Crippen LogP contribution in [0.4, 0.5) is 4.79 Å². The van der Waals surface area contributed by atoms with E-state index in [4.69, 9.17) is 14.6 Å². The zero-order valence-corrected chi connectivity index (χ0v) is 20.1. The number of fused-ring (bicyclic) bond motifs is 3. The first-order chi connectivity index (χ1) is 17.0. The third kappa shape index (κ3) is 7.55. The molecule has 0 aromatic heterocycles. The third-order valence-corrected chi connectivity index (χ3v) is 6.16. The fourth-order valence-corrected chi connectivity index (χ4v) is 4.39. The quantitative estimate of drug-likeness (QED) is 0.350. The Balaban J connectivity index is 1.26. The van der Waals surface area contributed by atoms with Crippen LogP contribution in [0.3, 0.4) is 0 Å². The Kier molecular flexibility index (Phi) is 10.1. The van der Waals surface area contributed by atoms with Gasteiger partial charge in [-0.3, -0.25) is 4.79 Å². The minimum Gasteiger partial charge on any atom is -0.480 e. The van der Waals surface area contributed by atoms with Gasteiger partial charge in [0.25, 0.3) is 0 Å². The SMILES string of the molecule is COCC(NC(=O)CCCCCCCNC(=O)OCC1c2ccccc2-c2ccccc21)C(=O)O. The maximum absolute atomic E-state index is 12.2. The summed E-state index contributed by atoms with van der Waals surface area (Å²) in [7, 11) is 1.39. The highest BCUT2D eigenvalue weighted by molar-refractivity contribution is 5.83. The maximum atomic E-state index is 12.2. The number of methoxy groups -OCH3 is 1. The first-order valence-corrected chi connectivity index (χ1v) is 12.1. The van der Waals surface area contributed by atoms with E-state index >= 15 is 0 Å². The highest BCUT2D eigenvalue weighted by Gasteiger charge is 2.28. The van der Waals surface area contributed by atoms with Gasteiger partial charge in [0.1, 0.15) is 6.61 Å². The minimum atomic E-state index is -1.11. The van der Waals surface area contributed by atoms with Crippen LogP contribution in [0.15, 0.2) is 48.5 Å². The largest absolute Gasteiger partial charge is 0.480 e. The van der Waals surface area contributed by atoms with E-state index in [0.717, 1.165) is 25.7 Å². The lowest BCUT2D eigenvalue weighted by molar-refractivity contribution is -0.143. The average molecular weight is 483 g/mol. The number of hydrogen-bond donors (Lipinski definition) is 3. The number of alkyl carbamates (subject to hydrolysis) is 1. The Hall–Kier alpha value is -3.39. The van der Waals surface area contributed by atoms with E-state index in [9.17, 15) is 14.4 Å². The number of nitrogens with one attached hydrogen (secondary N) is 2. The maximum Gasteiger partial charge on any atom is 0.407 e. The Morgan fingerprint density at radius 1 is 0.914 bits per heavy atom. The molecular formula is C27H34N2O6. The summed E-state index contributed by atoms with van der Waals surface area (Å²) < 4.78 is 10.3. The first kappa shape index (κ1) is 26.2. The summed E-state index contributed by atoms with van der Waals surface area (Å²) >= 11 is 0. The van der Waals surface area contributed by atoms with Crippen molar-refractivity contribution in [3.63, 3.8) is 0 Å². The molecule has 1 unspecified atom stereocenters. The molecule has 0 bridgehead atoms. The van der Waals surface area contributed by atoms with E-state index in [1.165, 1.54) is 29.4 Å². The van der Waals surface area contributed by atoms with Crippen molar-refractivity contribution in [3.05, 3.63) is 59.7 Å². The van der Waals surface area contributed by atoms with Crippen LogP contribution in [0.5, 0.6) is 0 Å². The smallest absolute Gasteiger partial charge is 0.407 e. The van der Waals surface area contributed by atoms with Crippen molar-refractivity contribution in [1.29, 1.82) is 0 Å². The molecule has 8 heteroatoms. The molecule has 35 heavy (non-hydrogen) atoms. The molecule has 1 atom stereocenters. The molecule has 0 saturated heterocycles. The Morgan fingerprint density at radius 3 is 2.14 bits per heavy atom. The van der Waals surface area contributed by atoms with Gasteiger partial charge in [-0.1, -0.05) is 67.8 Å². The van der Waals surface area contributed by atoms with Gasteiger partial charge in [0.05, 0.1) is 6.61 Å². The lowest BCUT2D eigenvalue weighted by Gasteiger charge is -2.14. The number of hydrogen-bond acceptors (Lipinski definition) is 5. The first-order valence-electron chi connectivity index (χ1n) is 12.1. The second-order valence-electron chi connectivity index (χ2n) is 8.68. The van der Waals surface area contributed by atoms with Crippen molar-refractivity contribution < 1.29 is 29.0 Å². The molecular weight excluding hydrogens is 448 g/mol. The molecule has 3 N–H and O–H groups in total. The molecule has 2 amide bonds. The number of unbranched alkanes of at least 4 members (excludes halogenated alkanes) is 4. The van der Waals surface area contributed by atoms with Gasteiger partial charge in [-0.2, -0.15) is 0 Å². The fourth-order valence-electron chi connectivity index (χ4n) is 4.39. The van der Waals surface area contributed by atoms with Crippen LogP contribution in [0.1, 0.15) is 55.6 Å². The summed E-state index contributed by atoms with van der Waals surface area (Å²) in [6.07, 6.45) is 4.10. The Bertz CT molecular complexity index is 963. The molecule has 0 spiro atoms. The summed E-state index contributed by atoms with van der Waals surface area (Å²) in [4.78, 5) is 35.1. The molecule has 0 heterocycles. The monoisotopic (exact) mass is 482 g/mol. The summed E-state index contributed by atoms with van der Waals surface area (Å²) in [5, 5.41) is 14.3. The van der Waals surface area contributed by atoms with Gasteiger partial charge < -0.3 is 25.2 Å². The van der Waals surface area contributed by atoms with Crippen LogP contribution < -0.4 is 10.6 Å². The third-order valence-electron chi connectivity index (χ3n) is 6.16. The number of ether oxygens (including phenoxy) is 2. The van der Waals surface area contributed by atoms with Gasteiger partial charge in [0.2, 0.25) is 5.91 Å². The second-order valence-corrected chi connectivity index (χ2v) is 8.68. The predicted molar refractivity (Wildman–Crippen MR) is 132 cm³/mol. The number of benzene rings is 2. The van der Waals surface area contributed by atoms with Crippen LogP contribution in [0.2, 0.25) is 0 Å². The molecule has 0 fully saturated rings. The molecule has 1 aliphatic carbocycles. The lowest BCUT2D eigenvalue weighted by atomic mass is 9.98. The number of carboxylic acids is 1. The van der Waals surface area contributed by atoms with E-state index in [2.05, 4.69) is 34.9 Å². The van der Waals surface area contributed by atoms with E-state index < -0.39 is 18.1 Å². The normalized spacial score (nSPS) is 12.9. The second kappa shape index (κ2) is 13.5. The van der Waals surface area contributed by atoms with E-state index in [0.29, 0.717) is 19.6 Å². The Labute approximate surface area is 206 Å². The number of aliphatic carboxylic acids is 1. The van der Waals surface area contributed by atoms with Crippen LogP contribution in [-0.4, -0.2) is 56.0 Å². The summed E-state index contributed by atoms with van der Waals surface area (Å²) in [5.41, 5.74) is 4.78. The van der Waals surface area contributed by atoms with E-state index in [1.807, 2.05) is 24.3 Å². The van der Waals surface area contributed by atoms with Crippen molar-refractivity contribution in [1.82, 2.24) is 10.6 Å². The van der Waals surface area contributed by atoms with Crippen molar-refractivity contribution in [2.75, 3.05) is 26.9 Å². The molecule has 2 aromatic rings. The number of carboxylic acid groups (broad SMARTS) is 1. The van der Waals surface area contributed by atoms with Gasteiger partial charge in [-0.15, -0.1) is 0 Å². The highest BCUT2D eigenvalue weighted by atomic mass is 16.5. The van der Waals surface area contributed by atoms with Gasteiger partial charge in [-0.25, -0.2) is 9.59 Å². The average Bonchev–Trinajstić information content (AvgIpc) is 3.17. The van der Waals surface area contributed by atoms with E-state index in [1.54, 1.807) is 0 Å². The molecule has 0 radical (unpaired) electrons. The van der Waals surface area contributed by atoms with Crippen LogP contribution in [-0.2, 0) is 19.1 Å². The number of amides is 2. The molecule has 0 saturated carbocycles. The van der Waals surface area contributed by atoms with Crippen molar-refractivity contribution >= 4 is 18.0 Å². The van der Waals surface area contributed by atoms with Crippen LogP contribution >= 0.6 is 0 Å². The zero-order chi connectivity index (χ0) is 25.0.